The zero-order valence-corrected chi connectivity index (χ0v) is 30.7. The van der Waals surface area contributed by atoms with E-state index in [9.17, 15) is 19.5 Å². The Morgan fingerprint density at radius 1 is 1.05 bits per heavy atom. The van der Waals surface area contributed by atoms with Gasteiger partial charge in [-0.05, 0) is 33.7 Å². The summed E-state index contributed by atoms with van der Waals surface area (Å²) in [6, 6.07) is 5.48. The molecule has 1 aromatic carbocycles. The van der Waals surface area contributed by atoms with Crippen molar-refractivity contribution in [3.8, 4) is 0 Å². The molecule has 1 atom stereocenters. The van der Waals surface area contributed by atoms with Crippen molar-refractivity contribution < 1.29 is 24.2 Å². The number of hydrazone groups is 2. The molecule has 1 heterocycles. The summed E-state index contributed by atoms with van der Waals surface area (Å²) in [5.41, 5.74) is 6.97. The Kier molecular flexibility index (Phi) is 15.1. The Bertz CT molecular complexity index is 1180. The van der Waals surface area contributed by atoms with Gasteiger partial charge in [-0.25, -0.2) is 0 Å². The number of amides is 1. The second kappa shape index (κ2) is 17.7. The summed E-state index contributed by atoms with van der Waals surface area (Å²) in [6.45, 7) is 12.3. The molecule has 2 rings (SSSR count). The van der Waals surface area contributed by atoms with Gasteiger partial charge in [0.2, 0.25) is 0 Å². The largest absolute Gasteiger partial charge is 0.459 e. The van der Waals surface area contributed by atoms with Crippen molar-refractivity contribution in [2.45, 2.75) is 93.3 Å². The molecule has 0 aliphatic carbocycles. The minimum Gasteiger partial charge on any atom is -0.459 e. The van der Waals surface area contributed by atoms with Crippen LogP contribution in [0, 0.1) is 0 Å². The molecule has 1 unspecified atom stereocenters. The number of aliphatic carboxylic acids is 1. The predicted molar refractivity (Wildman–Crippen MR) is 178 cm³/mol. The molecule has 13 heteroatoms. The van der Waals surface area contributed by atoms with E-state index in [0.29, 0.717) is 38.6 Å². The molecule has 0 radical (unpaired) electrons. The third-order valence-electron chi connectivity index (χ3n) is 6.99. The quantitative estimate of drug-likeness (QED) is 0.133. The number of nitrogens with one attached hydrogen (secondary N) is 3. The van der Waals surface area contributed by atoms with Crippen molar-refractivity contribution in [2.75, 3.05) is 32.7 Å². The van der Waals surface area contributed by atoms with Crippen molar-refractivity contribution in [3.63, 3.8) is 0 Å². The third-order valence-corrected chi connectivity index (χ3v) is 12.8. The maximum absolute atomic E-state index is 12.9. The molecule has 12 nitrogen and oxygen atoms in total. The van der Waals surface area contributed by atoms with Gasteiger partial charge in [-0.15, -0.1) is 0 Å². The summed E-state index contributed by atoms with van der Waals surface area (Å²) >= 11 is -2.47. The van der Waals surface area contributed by atoms with E-state index in [1.54, 1.807) is 0 Å². The summed E-state index contributed by atoms with van der Waals surface area (Å²) in [5.74, 6) is -0.832. The Balaban J connectivity index is 2.04. The van der Waals surface area contributed by atoms with Gasteiger partial charge in [0.1, 0.15) is 5.60 Å². The van der Waals surface area contributed by atoms with E-state index in [4.69, 9.17) is 4.74 Å². The SMILES string of the molecule is CCCN(CCN(CCC)C(CCC(=O)NCc1cc(C2=NNC=NN2)c[c]([Sn]([CH3])([CH3])[CH3])c1)C(=O)O)CC(=O)OC(C)(C)C. The number of rotatable bonds is 18. The van der Waals surface area contributed by atoms with Gasteiger partial charge < -0.3 is 4.74 Å². The van der Waals surface area contributed by atoms with Crippen LogP contribution in [-0.4, -0.2) is 108 Å². The molecule has 0 spiro atoms. The average molecular weight is 723 g/mol. The Labute approximate surface area is 266 Å². The first kappa shape index (κ1) is 37.5. The van der Waals surface area contributed by atoms with E-state index in [1.165, 1.54) is 9.92 Å². The topological polar surface area (TPSA) is 148 Å². The third kappa shape index (κ3) is 13.5. The van der Waals surface area contributed by atoms with E-state index in [2.05, 4.69) is 53.3 Å². The second-order valence-electron chi connectivity index (χ2n) is 13.2. The number of esters is 1. The molecular weight excluding hydrogens is 669 g/mol. The summed E-state index contributed by atoms with van der Waals surface area (Å²) in [6.07, 6.45) is 3.38. The fourth-order valence-electron chi connectivity index (χ4n) is 4.88. The monoisotopic (exact) mass is 723 g/mol. The van der Waals surface area contributed by atoms with E-state index in [0.717, 1.165) is 24.0 Å². The zero-order valence-electron chi connectivity index (χ0n) is 27.8. The predicted octanol–water partition coefficient (Wildman–Crippen LogP) is 2.64. The van der Waals surface area contributed by atoms with Crippen LogP contribution in [0.15, 0.2) is 28.4 Å². The number of ether oxygens (including phenoxy) is 1. The van der Waals surface area contributed by atoms with Crippen molar-refractivity contribution >= 4 is 52.0 Å². The van der Waals surface area contributed by atoms with Gasteiger partial charge in [0.25, 0.3) is 0 Å². The molecule has 1 aliphatic rings. The van der Waals surface area contributed by atoms with Crippen LogP contribution in [0.25, 0.3) is 0 Å². The van der Waals surface area contributed by atoms with Crippen LogP contribution in [-0.2, 0) is 25.7 Å². The van der Waals surface area contributed by atoms with Crippen molar-refractivity contribution in [1.82, 2.24) is 26.0 Å². The first-order valence-corrected chi connectivity index (χ1v) is 25.5. The number of carbonyl (C=O) groups is 3. The van der Waals surface area contributed by atoms with Gasteiger partial charge in [0.15, 0.2) is 0 Å². The van der Waals surface area contributed by atoms with E-state index in [-0.39, 0.29) is 31.3 Å². The molecule has 246 valence electrons. The molecular formula is C31H53N7O5Sn. The standard InChI is InChI=1S/C28H44N7O5.3CH3.Sn/c1-6-13-34(19-25(37)40-28(3,4)5)15-16-35(14-7-2)23(27(38)39)11-12-24(36)29-18-21-9-8-10-22(17-21)26-32-30-20-31-33-26;;;;/h9-10,17,20,23H,6-7,11-16,18-19H2,1-5H3,(H,29,36)(H,30,31)(H,32,33)(H,38,39);3*1H3;. The van der Waals surface area contributed by atoms with Crippen molar-refractivity contribution in [3.05, 3.63) is 29.3 Å². The van der Waals surface area contributed by atoms with Crippen LogP contribution in [0.1, 0.15) is 71.4 Å². The summed E-state index contributed by atoms with van der Waals surface area (Å²) in [4.78, 5) is 48.6. The number of carboxylic acids is 1. The number of carboxylic acid groups (broad SMARTS) is 1. The van der Waals surface area contributed by atoms with Gasteiger partial charge in [0.05, 0.1) is 6.54 Å². The van der Waals surface area contributed by atoms with E-state index in [1.807, 2.05) is 50.5 Å². The summed E-state index contributed by atoms with van der Waals surface area (Å²) in [7, 11) is 0. The Morgan fingerprint density at radius 3 is 2.32 bits per heavy atom. The van der Waals surface area contributed by atoms with Crippen LogP contribution >= 0.6 is 0 Å². The minimum atomic E-state index is -2.47. The molecule has 0 aromatic heterocycles. The average Bonchev–Trinajstić information content (AvgIpc) is 2.93. The molecule has 1 amide bonds. The van der Waals surface area contributed by atoms with Crippen molar-refractivity contribution in [2.24, 2.45) is 10.2 Å². The molecule has 1 aromatic rings. The van der Waals surface area contributed by atoms with Crippen LogP contribution in [0.4, 0.5) is 0 Å². The van der Waals surface area contributed by atoms with Gasteiger partial charge in [-0.1, -0.05) is 13.8 Å². The van der Waals surface area contributed by atoms with E-state index < -0.39 is 36.0 Å². The van der Waals surface area contributed by atoms with Crippen LogP contribution < -0.4 is 19.7 Å². The number of amidine groups is 1. The van der Waals surface area contributed by atoms with Crippen molar-refractivity contribution in [1.29, 1.82) is 0 Å². The zero-order chi connectivity index (χ0) is 32.9. The first-order chi connectivity index (χ1) is 20.6. The van der Waals surface area contributed by atoms with Crippen LogP contribution in [0.3, 0.4) is 0 Å². The first-order valence-electron chi connectivity index (χ1n) is 15.6. The van der Waals surface area contributed by atoms with E-state index >= 15 is 0 Å². The summed E-state index contributed by atoms with van der Waals surface area (Å²) < 4.78 is 6.78. The maximum Gasteiger partial charge on any atom is 0.320 e. The summed E-state index contributed by atoms with van der Waals surface area (Å²) in [5, 5.41) is 21.4. The van der Waals surface area contributed by atoms with Crippen LogP contribution in [0.5, 0.6) is 0 Å². The number of carbonyl (C=O) groups excluding carboxylic acids is 2. The van der Waals surface area contributed by atoms with Gasteiger partial charge >= 0.3 is 194 Å². The molecule has 0 saturated carbocycles. The molecule has 0 fully saturated rings. The van der Waals surface area contributed by atoms with Gasteiger partial charge in [-0.3, -0.25) is 9.69 Å². The maximum atomic E-state index is 12.9. The fourth-order valence-corrected chi connectivity index (χ4v) is 8.32. The van der Waals surface area contributed by atoms with Gasteiger partial charge in [-0.2, -0.15) is 0 Å². The number of hydrogen-bond donors (Lipinski definition) is 4. The molecule has 0 bridgehead atoms. The second-order valence-corrected chi connectivity index (χ2v) is 27.7. The normalized spacial score (nSPS) is 14.1. The van der Waals surface area contributed by atoms with Crippen LogP contribution in [0.2, 0.25) is 14.8 Å². The Hall–Kier alpha value is -2.71. The number of hydrogen-bond acceptors (Lipinski definition) is 10. The number of benzene rings is 1. The molecule has 4 N–H and O–H groups in total. The molecule has 0 saturated heterocycles. The Morgan fingerprint density at radius 2 is 1.75 bits per heavy atom. The molecule has 44 heavy (non-hydrogen) atoms. The smallest absolute Gasteiger partial charge is 0.320 e. The fraction of sp³-hybridized carbons (Fsp3) is 0.645. The minimum absolute atomic E-state index is 0.0890. The molecule has 1 aliphatic heterocycles. The van der Waals surface area contributed by atoms with Gasteiger partial charge in [0, 0.05) is 0 Å². The number of nitrogens with zero attached hydrogens (tertiary/aromatic N) is 4.